The molecule has 3 atom stereocenters. The van der Waals surface area contributed by atoms with Gasteiger partial charge in [-0.05, 0) is 57.7 Å². The second-order valence-electron chi connectivity index (χ2n) is 8.52. The summed E-state index contributed by atoms with van der Waals surface area (Å²) in [7, 11) is 1.84. The van der Waals surface area contributed by atoms with Crippen molar-refractivity contribution in [3.63, 3.8) is 0 Å². The topological polar surface area (TPSA) is 52.1 Å². The maximum absolute atomic E-state index is 5.82. The fourth-order valence-corrected chi connectivity index (χ4v) is 4.43. The standard InChI is InChI=1S/C23H39N5O.HI/c1-18-16-27(17-19(2)29-18)12-8-11-25-23(24-4)26-20(3)21-9-7-10-22(15-21)28-13-5-6-14-28;/h7,9-10,15,18-20H,5-6,8,11-14,16-17H2,1-4H3,(H2,24,25,26);1H. The minimum Gasteiger partial charge on any atom is -0.373 e. The average molecular weight is 530 g/mol. The van der Waals surface area contributed by atoms with Gasteiger partial charge in [-0.1, -0.05) is 12.1 Å². The summed E-state index contributed by atoms with van der Waals surface area (Å²) in [6.45, 7) is 12.9. The molecular formula is C23H40IN5O. The molecule has 0 bridgehead atoms. The molecule has 7 heteroatoms. The molecule has 2 saturated heterocycles. The fraction of sp³-hybridized carbons (Fsp3) is 0.696. The van der Waals surface area contributed by atoms with Gasteiger partial charge in [-0.3, -0.25) is 9.89 Å². The van der Waals surface area contributed by atoms with Crippen molar-refractivity contribution in [3.8, 4) is 0 Å². The van der Waals surface area contributed by atoms with E-state index in [1.165, 1.54) is 37.2 Å². The molecule has 0 aliphatic carbocycles. The maximum atomic E-state index is 5.82. The summed E-state index contributed by atoms with van der Waals surface area (Å²) in [4.78, 5) is 9.40. The molecule has 0 amide bonds. The van der Waals surface area contributed by atoms with E-state index in [1.54, 1.807) is 0 Å². The first-order chi connectivity index (χ1) is 14.0. The molecule has 2 fully saturated rings. The van der Waals surface area contributed by atoms with Crippen LogP contribution in [-0.4, -0.2) is 69.4 Å². The Morgan fingerprint density at radius 3 is 2.57 bits per heavy atom. The fourth-order valence-electron chi connectivity index (χ4n) is 4.43. The Hall–Kier alpha value is -1.06. The molecule has 0 spiro atoms. The van der Waals surface area contributed by atoms with Gasteiger partial charge in [0, 0.05) is 52.0 Å². The van der Waals surface area contributed by atoms with Crippen LogP contribution in [0.3, 0.4) is 0 Å². The van der Waals surface area contributed by atoms with Crippen molar-refractivity contribution < 1.29 is 4.74 Å². The summed E-state index contributed by atoms with van der Waals surface area (Å²) < 4.78 is 5.82. The van der Waals surface area contributed by atoms with Crippen LogP contribution in [0.4, 0.5) is 5.69 Å². The quantitative estimate of drug-likeness (QED) is 0.245. The number of nitrogens with one attached hydrogen (secondary N) is 2. The second kappa shape index (κ2) is 12.7. The van der Waals surface area contributed by atoms with E-state index in [4.69, 9.17) is 4.74 Å². The molecule has 0 saturated carbocycles. The van der Waals surface area contributed by atoms with Gasteiger partial charge < -0.3 is 20.3 Å². The maximum Gasteiger partial charge on any atom is 0.191 e. The summed E-state index contributed by atoms with van der Waals surface area (Å²) in [5.74, 6) is 0.868. The highest BCUT2D eigenvalue weighted by molar-refractivity contribution is 14.0. The zero-order chi connectivity index (χ0) is 20.6. The molecular weight excluding hydrogens is 489 g/mol. The molecule has 0 radical (unpaired) electrons. The van der Waals surface area contributed by atoms with Gasteiger partial charge in [-0.25, -0.2) is 0 Å². The van der Waals surface area contributed by atoms with Crippen molar-refractivity contribution in [2.45, 2.75) is 58.3 Å². The van der Waals surface area contributed by atoms with Gasteiger partial charge in [-0.2, -0.15) is 0 Å². The minimum absolute atomic E-state index is 0. The number of halogens is 1. The van der Waals surface area contributed by atoms with E-state index >= 15 is 0 Å². The van der Waals surface area contributed by atoms with E-state index in [9.17, 15) is 0 Å². The highest BCUT2D eigenvalue weighted by Gasteiger charge is 2.21. The molecule has 3 unspecified atom stereocenters. The first-order valence-electron chi connectivity index (χ1n) is 11.2. The molecule has 2 heterocycles. The van der Waals surface area contributed by atoms with Crippen LogP contribution in [0.2, 0.25) is 0 Å². The third kappa shape index (κ3) is 7.57. The van der Waals surface area contributed by atoms with Gasteiger partial charge in [0.2, 0.25) is 0 Å². The van der Waals surface area contributed by atoms with Gasteiger partial charge in [0.1, 0.15) is 0 Å². The van der Waals surface area contributed by atoms with Crippen LogP contribution in [-0.2, 0) is 4.74 Å². The second-order valence-corrected chi connectivity index (χ2v) is 8.52. The summed E-state index contributed by atoms with van der Waals surface area (Å²) in [5, 5.41) is 7.01. The van der Waals surface area contributed by atoms with Crippen LogP contribution in [0, 0.1) is 0 Å². The molecule has 170 valence electrons. The number of nitrogens with zero attached hydrogens (tertiary/aromatic N) is 3. The van der Waals surface area contributed by atoms with Crippen LogP contribution >= 0.6 is 24.0 Å². The van der Waals surface area contributed by atoms with Crippen molar-refractivity contribution >= 4 is 35.6 Å². The normalized spacial score (nSPS) is 23.7. The molecule has 2 N–H and O–H groups in total. The molecule has 2 aliphatic heterocycles. The van der Waals surface area contributed by atoms with Crippen LogP contribution in [0.25, 0.3) is 0 Å². The third-order valence-corrected chi connectivity index (χ3v) is 5.86. The SMILES string of the molecule is CN=C(NCCCN1CC(C)OC(C)C1)NC(C)c1cccc(N2CCCC2)c1.I. The zero-order valence-electron chi connectivity index (χ0n) is 19.1. The number of rotatable bonds is 7. The Labute approximate surface area is 199 Å². The van der Waals surface area contributed by atoms with Gasteiger partial charge in [-0.15, -0.1) is 24.0 Å². The smallest absolute Gasteiger partial charge is 0.191 e. The Morgan fingerprint density at radius 1 is 1.20 bits per heavy atom. The first kappa shape index (κ1) is 25.2. The van der Waals surface area contributed by atoms with Gasteiger partial charge in [0.15, 0.2) is 5.96 Å². The lowest BCUT2D eigenvalue weighted by Gasteiger charge is -2.35. The van der Waals surface area contributed by atoms with Crippen molar-refractivity contribution in [2.24, 2.45) is 4.99 Å². The van der Waals surface area contributed by atoms with Gasteiger partial charge in [0.25, 0.3) is 0 Å². The molecule has 1 aromatic rings. The monoisotopic (exact) mass is 529 g/mol. The lowest BCUT2D eigenvalue weighted by atomic mass is 10.1. The molecule has 30 heavy (non-hydrogen) atoms. The van der Waals surface area contributed by atoms with Crippen molar-refractivity contribution in [3.05, 3.63) is 29.8 Å². The van der Waals surface area contributed by atoms with E-state index in [0.717, 1.165) is 38.6 Å². The molecule has 1 aromatic carbocycles. The number of aliphatic imine (C=N–C) groups is 1. The largest absolute Gasteiger partial charge is 0.373 e. The Kier molecular flexibility index (Phi) is 10.7. The number of hydrogen-bond donors (Lipinski definition) is 2. The highest BCUT2D eigenvalue weighted by Crippen LogP contribution is 2.23. The molecule has 6 nitrogen and oxygen atoms in total. The van der Waals surface area contributed by atoms with E-state index in [1.807, 2.05) is 7.05 Å². The van der Waals surface area contributed by atoms with Crippen molar-refractivity contribution in [1.82, 2.24) is 15.5 Å². The van der Waals surface area contributed by atoms with E-state index < -0.39 is 0 Å². The van der Waals surface area contributed by atoms with E-state index in [0.29, 0.717) is 12.2 Å². The Balaban J connectivity index is 0.00000320. The summed E-state index contributed by atoms with van der Waals surface area (Å²) in [6, 6.07) is 9.12. The number of anilines is 1. The van der Waals surface area contributed by atoms with Crippen LogP contribution in [0.1, 0.15) is 51.6 Å². The van der Waals surface area contributed by atoms with Crippen LogP contribution < -0.4 is 15.5 Å². The summed E-state index contributed by atoms with van der Waals surface area (Å²) in [6.07, 6.45) is 4.36. The number of morpholine rings is 1. The summed E-state index contributed by atoms with van der Waals surface area (Å²) >= 11 is 0. The number of guanidine groups is 1. The number of hydrogen-bond acceptors (Lipinski definition) is 4. The van der Waals surface area contributed by atoms with Gasteiger partial charge in [0.05, 0.1) is 18.2 Å². The predicted molar refractivity (Wildman–Crippen MR) is 137 cm³/mol. The Morgan fingerprint density at radius 2 is 1.90 bits per heavy atom. The van der Waals surface area contributed by atoms with Crippen LogP contribution in [0.5, 0.6) is 0 Å². The van der Waals surface area contributed by atoms with Crippen molar-refractivity contribution in [1.29, 1.82) is 0 Å². The van der Waals surface area contributed by atoms with Crippen LogP contribution in [0.15, 0.2) is 29.3 Å². The van der Waals surface area contributed by atoms with E-state index in [-0.39, 0.29) is 30.0 Å². The zero-order valence-corrected chi connectivity index (χ0v) is 21.4. The average Bonchev–Trinajstić information content (AvgIpc) is 3.24. The first-order valence-corrected chi connectivity index (χ1v) is 11.2. The minimum atomic E-state index is 0. The molecule has 3 rings (SSSR count). The van der Waals surface area contributed by atoms with Gasteiger partial charge >= 0.3 is 0 Å². The third-order valence-electron chi connectivity index (χ3n) is 5.86. The summed E-state index contributed by atoms with van der Waals surface area (Å²) in [5.41, 5.74) is 2.64. The number of benzene rings is 1. The lowest BCUT2D eigenvalue weighted by Crippen LogP contribution is -2.46. The Bertz CT molecular complexity index is 655. The number of ether oxygens (including phenoxy) is 1. The lowest BCUT2D eigenvalue weighted by molar-refractivity contribution is -0.0679. The molecule has 0 aromatic heterocycles. The van der Waals surface area contributed by atoms with Crippen molar-refractivity contribution in [2.75, 3.05) is 51.2 Å². The van der Waals surface area contributed by atoms with E-state index in [2.05, 4.69) is 70.5 Å². The predicted octanol–water partition coefficient (Wildman–Crippen LogP) is 3.63. The highest BCUT2D eigenvalue weighted by atomic mass is 127. The molecule has 2 aliphatic rings.